The Morgan fingerprint density at radius 1 is 1.37 bits per heavy atom. The molecule has 1 rings (SSSR count). The van der Waals surface area contributed by atoms with Crippen molar-refractivity contribution in [2.45, 2.75) is 33.1 Å². The maximum Gasteiger partial charge on any atom is 0.307 e. The van der Waals surface area contributed by atoms with Gasteiger partial charge in [-0.25, -0.2) is 0 Å². The Labute approximate surface area is 113 Å². The molecule has 102 valence electrons. The number of ether oxygens (including phenoxy) is 1. The van der Waals surface area contributed by atoms with Gasteiger partial charge in [0.25, 0.3) is 0 Å². The molecule has 19 heavy (non-hydrogen) atoms. The number of carboxylic acid groups (broad SMARTS) is 1. The third-order valence-corrected chi connectivity index (χ3v) is 2.80. The van der Waals surface area contributed by atoms with Crippen molar-refractivity contribution in [1.29, 1.82) is 5.26 Å². The zero-order chi connectivity index (χ0) is 14.3. The van der Waals surface area contributed by atoms with E-state index in [1.807, 2.05) is 13.8 Å². The lowest BCUT2D eigenvalue weighted by Crippen LogP contribution is -2.10. The van der Waals surface area contributed by atoms with Crippen LogP contribution in [0.3, 0.4) is 0 Å². The number of nitriles is 1. The molecule has 0 atom stereocenters. The van der Waals surface area contributed by atoms with Crippen molar-refractivity contribution in [2.75, 3.05) is 6.61 Å². The second kappa shape index (κ2) is 6.79. The molecule has 0 saturated carbocycles. The lowest BCUT2D eigenvalue weighted by atomic mass is 9.90. The Bertz CT molecular complexity index is 457. The number of carbonyl (C=O) groups is 1. The van der Waals surface area contributed by atoms with Crippen molar-refractivity contribution in [2.24, 2.45) is 5.41 Å². The van der Waals surface area contributed by atoms with Gasteiger partial charge in [-0.05, 0) is 44.4 Å². The second-order valence-corrected chi connectivity index (χ2v) is 5.16. The third-order valence-electron chi connectivity index (χ3n) is 2.80. The van der Waals surface area contributed by atoms with Crippen molar-refractivity contribution in [3.05, 3.63) is 29.8 Å². The average molecular weight is 261 g/mol. The molecule has 1 aromatic carbocycles. The molecule has 0 spiro atoms. The van der Waals surface area contributed by atoms with Gasteiger partial charge in [-0.15, -0.1) is 0 Å². The van der Waals surface area contributed by atoms with Gasteiger partial charge in [0.2, 0.25) is 0 Å². The second-order valence-electron chi connectivity index (χ2n) is 5.16. The third kappa shape index (κ3) is 5.91. The Kier molecular flexibility index (Phi) is 5.37. The molecule has 1 N–H and O–H groups in total. The topological polar surface area (TPSA) is 70.3 Å². The van der Waals surface area contributed by atoms with Crippen molar-refractivity contribution in [1.82, 2.24) is 0 Å². The number of hydrogen-bond donors (Lipinski definition) is 1. The predicted molar refractivity (Wildman–Crippen MR) is 71.9 cm³/mol. The summed E-state index contributed by atoms with van der Waals surface area (Å²) >= 11 is 0. The molecule has 0 radical (unpaired) electrons. The lowest BCUT2D eigenvalue weighted by Gasteiger charge is -2.14. The Balaban J connectivity index is 2.35. The first-order chi connectivity index (χ1) is 8.93. The quantitative estimate of drug-likeness (QED) is 0.766. The van der Waals surface area contributed by atoms with Crippen LogP contribution in [0.25, 0.3) is 0 Å². The van der Waals surface area contributed by atoms with Crippen molar-refractivity contribution in [3.8, 4) is 11.8 Å². The number of nitrogens with zero attached hydrogens (tertiary/aromatic N) is 1. The minimum absolute atomic E-state index is 0.0244. The van der Waals surface area contributed by atoms with E-state index < -0.39 is 5.97 Å². The molecule has 0 aliphatic carbocycles. The van der Waals surface area contributed by atoms with Gasteiger partial charge in [-0.1, -0.05) is 12.1 Å². The summed E-state index contributed by atoms with van der Waals surface area (Å²) < 4.78 is 5.55. The summed E-state index contributed by atoms with van der Waals surface area (Å²) in [5, 5.41) is 17.5. The van der Waals surface area contributed by atoms with E-state index in [1.54, 1.807) is 24.3 Å². The fraction of sp³-hybridized carbons (Fsp3) is 0.467. The fourth-order valence-corrected chi connectivity index (χ4v) is 1.64. The first-order valence-electron chi connectivity index (χ1n) is 6.28. The molecule has 4 nitrogen and oxygen atoms in total. The van der Waals surface area contributed by atoms with Crippen molar-refractivity contribution >= 4 is 5.97 Å². The van der Waals surface area contributed by atoms with E-state index in [-0.39, 0.29) is 11.8 Å². The summed E-state index contributed by atoms with van der Waals surface area (Å²) in [4.78, 5) is 10.5. The van der Waals surface area contributed by atoms with Gasteiger partial charge in [0, 0.05) is 0 Å². The Hall–Kier alpha value is -2.02. The molecular weight excluding hydrogens is 242 g/mol. The van der Waals surface area contributed by atoms with Gasteiger partial charge in [0.1, 0.15) is 5.75 Å². The van der Waals surface area contributed by atoms with Crippen LogP contribution in [0.5, 0.6) is 5.75 Å². The summed E-state index contributed by atoms with van der Waals surface area (Å²) in [5.41, 5.74) is 0.444. The molecule has 0 fully saturated rings. The molecule has 0 aliphatic rings. The van der Waals surface area contributed by atoms with Gasteiger partial charge >= 0.3 is 5.97 Å². The Morgan fingerprint density at radius 2 is 2.00 bits per heavy atom. The summed E-state index contributed by atoms with van der Waals surface area (Å²) in [6.07, 6.45) is 1.63. The van der Waals surface area contributed by atoms with Gasteiger partial charge in [-0.2, -0.15) is 5.26 Å². The monoisotopic (exact) mass is 261 g/mol. The molecular formula is C15H19NO3. The molecule has 4 heteroatoms. The molecule has 1 aromatic rings. The maximum atomic E-state index is 10.5. The van der Waals surface area contributed by atoms with Crippen LogP contribution in [0.1, 0.15) is 32.3 Å². The van der Waals surface area contributed by atoms with Gasteiger partial charge in [0.15, 0.2) is 0 Å². The number of hydrogen-bond acceptors (Lipinski definition) is 3. The van der Waals surface area contributed by atoms with Crippen LogP contribution in [-0.2, 0) is 11.2 Å². The van der Waals surface area contributed by atoms with Gasteiger partial charge in [0.05, 0.1) is 24.5 Å². The van der Waals surface area contributed by atoms with E-state index in [0.717, 1.165) is 24.2 Å². The zero-order valence-corrected chi connectivity index (χ0v) is 11.3. The van der Waals surface area contributed by atoms with Crippen molar-refractivity contribution in [3.63, 3.8) is 0 Å². The van der Waals surface area contributed by atoms with Crippen LogP contribution in [0.15, 0.2) is 24.3 Å². The highest BCUT2D eigenvalue weighted by Gasteiger charge is 2.15. The molecule has 0 amide bonds. The highest BCUT2D eigenvalue weighted by Crippen LogP contribution is 2.21. The van der Waals surface area contributed by atoms with Crippen LogP contribution < -0.4 is 4.74 Å². The number of benzene rings is 1. The van der Waals surface area contributed by atoms with E-state index >= 15 is 0 Å². The number of aliphatic carboxylic acids is 1. The van der Waals surface area contributed by atoms with Crippen LogP contribution >= 0.6 is 0 Å². The van der Waals surface area contributed by atoms with E-state index in [4.69, 9.17) is 15.1 Å². The summed E-state index contributed by atoms with van der Waals surface area (Å²) in [6, 6.07) is 9.30. The summed E-state index contributed by atoms with van der Waals surface area (Å²) in [7, 11) is 0. The van der Waals surface area contributed by atoms with Crippen LogP contribution in [0.4, 0.5) is 0 Å². The highest BCUT2D eigenvalue weighted by molar-refractivity contribution is 5.70. The summed E-state index contributed by atoms with van der Waals surface area (Å²) in [6.45, 7) is 4.38. The first-order valence-corrected chi connectivity index (χ1v) is 6.28. The SMILES string of the molecule is CC(C)(C#N)CCCOc1ccc(CC(=O)O)cc1. The lowest BCUT2D eigenvalue weighted by molar-refractivity contribution is -0.136. The van der Waals surface area contributed by atoms with E-state index in [0.29, 0.717) is 6.61 Å². The molecule has 0 heterocycles. The summed E-state index contributed by atoms with van der Waals surface area (Å²) in [5.74, 6) is -0.115. The minimum Gasteiger partial charge on any atom is -0.494 e. The zero-order valence-electron chi connectivity index (χ0n) is 11.3. The van der Waals surface area contributed by atoms with Crippen molar-refractivity contribution < 1.29 is 14.6 Å². The standard InChI is InChI=1S/C15H19NO3/c1-15(2,11-16)8-3-9-19-13-6-4-12(5-7-13)10-14(17)18/h4-7H,3,8-10H2,1-2H3,(H,17,18). The van der Waals surface area contributed by atoms with Crippen LogP contribution in [0.2, 0.25) is 0 Å². The molecule has 0 bridgehead atoms. The average Bonchev–Trinajstić information content (AvgIpc) is 2.36. The molecule has 0 unspecified atom stereocenters. The van der Waals surface area contributed by atoms with Crippen LogP contribution in [0, 0.1) is 16.7 Å². The minimum atomic E-state index is -0.840. The largest absolute Gasteiger partial charge is 0.494 e. The van der Waals surface area contributed by atoms with E-state index in [1.165, 1.54) is 0 Å². The van der Waals surface area contributed by atoms with Crippen LogP contribution in [-0.4, -0.2) is 17.7 Å². The molecule has 0 aromatic heterocycles. The number of carboxylic acids is 1. The Morgan fingerprint density at radius 3 is 2.53 bits per heavy atom. The van der Waals surface area contributed by atoms with Gasteiger partial charge < -0.3 is 9.84 Å². The number of rotatable bonds is 7. The maximum absolute atomic E-state index is 10.5. The normalized spacial score (nSPS) is 10.8. The molecule has 0 saturated heterocycles. The predicted octanol–water partition coefficient (Wildman–Crippen LogP) is 3.02. The smallest absolute Gasteiger partial charge is 0.307 e. The molecule has 0 aliphatic heterocycles. The van der Waals surface area contributed by atoms with Gasteiger partial charge in [-0.3, -0.25) is 4.79 Å². The van der Waals surface area contributed by atoms with E-state index in [2.05, 4.69) is 6.07 Å². The first kappa shape index (κ1) is 15.0. The van der Waals surface area contributed by atoms with E-state index in [9.17, 15) is 4.79 Å². The highest BCUT2D eigenvalue weighted by atomic mass is 16.5. The fourth-order valence-electron chi connectivity index (χ4n) is 1.64.